The fraction of sp³-hybridized carbons (Fsp3) is 0.643. The number of amides is 12. The molecule has 37 heteroatoms. The van der Waals surface area contributed by atoms with Crippen molar-refractivity contribution < 1.29 is 77.6 Å². The van der Waals surface area contributed by atoms with Crippen LogP contribution in [0.2, 0.25) is 0 Å². The van der Waals surface area contributed by atoms with Crippen molar-refractivity contribution in [2.75, 3.05) is 44.9 Å². The van der Waals surface area contributed by atoms with Crippen molar-refractivity contribution in [3.8, 4) is 0 Å². The molecule has 0 unspecified atom stereocenters. The highest BCUT2D eigenvalue weighted by Crippen LogP contribution is 2.24. The molecule has 1 aliphatic rings. The number of likely N-dealkylation sites (tertiary alicyclic amines) is 1. The molecule has 24 N–H and O–H groups in total. The molecule has 0 saturated carbocycles. The second-order valence-electron chi connectivity index (χ2n) is 28.0. The molecule has 0 bridgehead atoms. The highest BCUT2D eigenvalue weighted by molar-refractivity contribution is 7.98. The number of nitrogens with zero attached hydrogens (tertiary/aromatic N) is 3. The van der Waals surface area contributed by atoms with Gasteiger partial charge in [-0.25, -0.2) is 9.78 Å². The van der Waals surface area contributed by atoms with Crippen LogP contribution >= 0.6 is 11.8 Å². The first kappa shape index (κ1) is 89.9. The summed E-state index contributed by atoms with van der Waals surface area (Å²) >= 11 is 1.38. The number of hydrogen-bond acceptors (Lipinski definition) is 20. The van der Waals surface area contributed by atoms with E-state index in [1.807, 2.05) is 0 Å². The number of nitrogens with two attached hydrogens (primary N) is 4. The number of hydrogen-bond donors (Lipinski definition) is 20. The highest BCUT2D eigenvalue weighted by atomic mass is 32.2. The standard InChI is InChI=1S/C70H114N20O16S/c1-11-39(8)56(89-57(93)40(9)79-60(96)50(30-42-32-75-35-78-42)84-67(103)54(37(4)5)87-58(94)44(72)19-14-15-24-71)68(104)90-26-17-22-53(90)65(101)83-48(28-36(2)3)61(97)80-46(21-16-25-76-70(73)74)59(95)85-52(34-92)64(100)86-51(33-91)63(99)82-49(29-41-31-77-45-20-13-12-18-43(41)45)62(98)88-55(38(6)7)66(102)81-47(69(105)106)23-27-107-10/h12-13,18,20,31-32,35-40,44,46-56,77,91-92H,11,14-17,19,21-30,33-34,71-72H2,1-10H3,(H,75,78)(H,79,96)(H,80,97)(H,81,102)(H,82,99)(H,83,101)(H,84,103)(H,85,95)(H,86,100)(H,87,94)(H,88,98)(H,89,93)(H,105,106)(H4,73,74,76)/t39-,40-,44-,46-,47-,48-,49-,50-,51-,52-,53-,54-,55-,56-/m0/s1. The second-order valence-corrected chi connectivity index (χ2v) is 29.0. The zero-order chi connectivity index (χ0) is 79.8. The lowest BCUT2D eigenvalue weighted by Crippen LogP contribution is -2.62. The molecule has 0 aliphatic carbocycles. The van der Waals surface area contributed by atoms with Gasteiger partial charge in [-0.2, -0.15) is 11.8 Å². The number of guanidine groups is 1. The number of aromatic nitrogens is 3. The maximum absolute atomic E-state index is 14.8. The van der Waals surface area contributed by atoms with E-state index in [4.69, 9.17) is 22.9 Å². The van der Waals surface area contributed by atoms with Crippen LogP contribution < -0.4 is 81.4 Å². The Kier molecular flexibility index (Phi) is 38.0. The van der Waals surface area contributed by atoms with E-state index in [0.717, 1.165) is 0 Å². The Labute approximate surface area is 627 Å². The summed E-state index contributed by atoms with van der Waals surface area (Å²) in [6, 6.07) is -10.6. The maximum atomic E-state index is 14.8. The number of nitrogens with one attached hydrogen (secondary N) is 13. The molecular weight excluding hydrogens is 1410 g/mol. The van der Waals surface area contributed by atoms with E-state index in [1.165, 1.54) is 36.1 Å². The number of aliphatic imine (C=N–C) groups is 1. The van der Waals surface area contributed by atoms with Gasteiger partial charge >= 0.3 is 5.97 Å². The lowest BCUT2D eigenvalue weighted by molar-refractivity contribution is -0.143. The predicted molar refractivity (Wildman–Crippen MR) is 400 cm³/mol. The SMILES string of the molecule is CC[C@H](C)[C@H](NC(=O)[C@H](C)NC(=O)[C@H](Cc1cnc[nH]1)NC(=O)[C@@H](NC(=O)[C@@H](N)CCCCN)C(C)C)C(=O)N1CCC[C@H]1C(=O)N[C@@H](CC(C)C)C(=O)N[C@@H](CCCN=C(N)N)C(=O)N[C@@H](CO)C(=O)N[C@@H](CO)C(=O)N[C@@H](Cc1c[nH]c2ccccc12)C(=O)N[C@H](C(=O)N[C@@H](CCSC)C(=O)O)C(C)C. The van der Waals surface area contributed by atoms with Crippen LogP contribution in [0.15, 0.2) is 48.0 Å². The summed E-state index contributed by atoms with van der Waals surface area (Å²) in [6.45, 7) is 13.4. The summed E-state index contributed by atoms with van der Waals surface area (Å²) in [5.74, 6) is -13.1. The molecule has 36 nitrogen and oxygen atoms in total. The van der Waals surface area contributed by atoms with Crippen LogP contribution in [0.25, 0.3) is 10.9 Å². The molecule has 1 aromatic carbocycles. The van der Waals surface area contributed by atoms with Gasteiger partial charge in [-0.05, 0) is 112 Å². The number of aliphatic carboxylic acids is 1. The number of thioether (sulfide) groups is 1. The van der Waals surface area contributed by atoms with Crippen molar-refractivity contribution in [1.82, 2.24) is 78.3 Å². The lowest BCUT2D eigenvalue weighted by Gasteiger charge is -2.33. The number of aliphatic hydroxyl groups is 2. The van der Waals surface area contributed by atoms with E-state index in [0.29, 0.717) is 66.6 Å². The maximum Gasteiger partial charge on any atom is 0.326 e. The van der Waals surface area contributed by atoms with Crippen LogP contribution in [-0.2, 0) is 75.2 Å². The Hall–Kier alpha value is -9.46. The number of carbonyl (C=O) groups excluding carboxylic acids is 12. The van der Waals surface area contributed by atoms with Crippen molar-refractivity contribution in [2.24, 2.45) is 51.6 Å². The van der Waals surface area contributed by atoms with Crippen LogP contribution in [-0.4, -0.2) is 241 Å². The van der Waals surface area contributed by atoms with Gasteiger partial charge < -0.3 is 112 Å². The van der Waals surface area contributed by atoms with E-state index in [-0.39, 0.29) is 69.9 Å². The van der Waals surface area contributed by atoms with Crippen LogP contribution in [0.5, 0.6) is 0 Å². The van der Waals surface area contributed by atoms with Crippen molar-refractivity contribution in [3.63, 3.8) is 0 Å². The van der Waals surface area contributed by atoms with Gasteiger partial charge in [0.1, 0.15) is 72.5 Å². The van der Waals surface area contributed by atoms with Gasteiger partial charge in [0.15, 0.2) is 5.96 Å². The van der Waals surface area contributed by atoms with E-state index in [2.05, 4.69) is 78.4 Å². The summed E-state index contributed by atoms with van der Waals surface area (Å²) in [6.07, 6.45) is 8.29. The minimum Gasteiger partial charge on any atom is -0.480 e. The van der Waals surface area contributed by atoms with Crippen molar-refractivity contribution in [1.29, 1.82) is 0 Å². The predicted octanol–water partition coefficient (Wildman–Crippen LogP) is -3.24. The summed E-state index contributed by atoms with van der Waals surface area (Å²) in [4.78, 5) is 197. The third-order valence-electron chi connectivity index (χ3n) is 18.3. The molecule has 107 heavy (non-hydrogen) atoms. The first-order valence-electron chi connectivity index (χ1n) is 36.3. The summed E-state index contributed by atoms with van der Waals surface area (Å²) in [7, 11) is 0. The minimum atomic E-state index is -1.86. The molecular formula is C70H114N20O16S. The number of fused-ring (bicyclic) bond motifs is 1. The number of carbonyl (C=O) groups is 13. The number of unbranched alkanes of at least 4 members (excludes halogenated alkanes) is 1. The molecule has 2 aromatic heterocycles. The molecule has 3 aromatic rings. The number of benzene rings is 1. The molecule has 4 rings (SSSR count). The number of imidazole rings is 1. The van der Waals surface area contributed by atoms with Gasteiger partial charge in [0.2, 0.25) is 70.9 Å². The van der Waals surface area contributed by atoms with Gasteiger partial charge in [-0.15, -0.1) is 0 Å². The number of carboxylic acid groups (broad SMARTS) is 1. The van der Waals surface area contributed by atoms with Crippen molar-refractivity contribution >= 4 is 105 Å². The van der Waals surface area contributed by atoms with Crippen LogP contribution in [0.1, 0.15) is 138 Å². The quantitative estimate of drug-likeness (QED) is 0.0150. The summed E-state index contributed by atoms with van der Waals surface area (Å²) in [5, 5.41) is 60.2. The topological polar surface area (TPSA) is 579 Å². The Morgan fingerprint density at radius 3 is 1.72 bits per heavy atom. The molecule has 0 spiro atoms. The minimum absolute atomic E-state index is 0.00235. The molecule has 1 saturated heterocycles. The smallest absolute Gasteiger partial charge is 0.326 e. The lowest BCUT2D eigenvalue weighted by atomic mass is 9.96. The number of carboxylic acids is 1. The van der Waals surface area contributed by atoms with Crippen molar-refractivity contribution in [3.05, 3.63) is 54.2 Å². The van der Waals surface area contributed by atoms with Gasteiger partial charge in [-0.3, -0.25) is 62.5 Å². The average Bonchev–Trinajstić information content (AvgIpc) is 1.70. The van der Waals surface area contributed by atoms with E-state index in [1.54, 1.807) is 92.1 Å². The average molecular weight is 1520 g/mol. The number of para-hydroxylation sites is 1. The van der Waals surface area contributed by atoms with Crippen molar-refractivity contribution in [2.45, 2.75) is 218 Å². The zero-order valence-corrected chi connectivity index (χ0v) is 63.6. The van der Waals surface area contributed by atoms with Gasteiger partial charge in [-0.1, -0.05) is 86.4 Å². The van der Waals surface area contributed by atoms with Crippen LogP contribution in [0.4, 0.5) is 0 Å². The largest absolute Gasteiger partial charge is 0.480 e. The molecule has 12 amide bonds. The number of aromatic amines is 2. The molecule has 3 heterocycles. The highest BCUT2D eigenvalue weighted by Gasteiger charge is 2.42. The number of aliphatic hydroxyl groups excluding tert-OH is 2. The monoisotopic (exact) mass is 1520 g/mol. The van der Waals surface area contributed by atoms with Gasteiger partial charge in [0.05, 0.1) is 25.6 Å². The molecule has 14 atom stereocenters. The summed E-state index contributed by atoms with van der Waals surface area (Å²) in [5.41, 5.74) is 24.5. The van der Waals surface area contributed by atoms with E-state index < -0.39 is 186 Å². The molecule has 596 valence electrons. The summed E-state index contributed by atoms with van der Waals surface area (Å²) < 4.78 is 0. The zero-order valence-electron chi connectivity index (χ0n) is 62.8. The Morgan fingerprint density at radius 1 is 0.617 bits per heavy atom. The number of H-pyrrole nitrogens is 2. The normalized spacial score (nSPS) is 16.5. The first-order valence-corrected chi connectivity index (χ1v) is 37.7. The van der Waals surface area contributed by atoms with E-state index in [9.17, 15) is 77.6 Å². The third-order valence-corrected chi connectivity index (χ3v) is 18.9. The Morgan fingerprint density at radius 2 is 1.16 bits per heavy atom. The van der Waals surface area contributed by atoms with Crippen LogP contribution in [0, 0.1) is 23.7 Å². The number of rotatable bonds is 47. The van der Waals surface area contributed by atoms with Gasteiger partial charge in [0.25, 0.3) is 0 Å². The first-order chi connectivity index (χ1) is 50.7. The fourth-order valence-corrected chi connectivity index (χ4v) is 12.3. The second kappa shape index (κ2) is 45.3. The molecule has 1 aliphatic heterocycles. The Balaban J connectivity index is 1.52. The fourth-order valence-electron chi connectivity index (χ4n) is 11.8. The van der Waals surface area contributed by atoms with Gasteiger partial charge in [0, 0.05) is 54.9 Å². The van der Waals surface area contributed by atoms with E-state index >= 15 is 0 Å². The van der Waals surface area contributed by atoms with Crippen LogP contribution in [0.3, 0.4) is 0 Å². The Bertz CT molecular complexity index is 3480. The molecule has 0 radical (unpaired) electrons. The molecule has 1 fully saturated rings. The third kappa shape index (κ3) is 28.7.